The summed E-state index contributed by atoms with van der Waals surface area (Å²) in [6.45, 7) is 4.14. The Labute approximate surface area is 120 Å². The molecule has 0 N–H and O–H groups in total. The summed E-state index contributed by atoms with van der Waals surface area (Å²) < 4.78 is 0. The zero-order valence-electron chi connectivity index (χ0n) is 11.5. The number of halogens is 1. The van der Waals surface area contributed by atoms with Gasteiger partial charge in [0.2, 0.25) is 5.91 Å². The van der Waals surface area contributed by atoms with Crippen LogP contribution in [0.15, 0.2) is 0 Å². The molecule has 0 aromatic rings. The maximum Gasteiger partial charge on any atom is 0.222 e. The fraction of sp³-hybridized carbons (Fsp3) is 0.933. The average Bonchev–Trinajstić information content (AvgIpc) is 2.40. The van der Waals surface area contributed by atoms with Crippen molar-refractivity contribution in [2.45, 2.75) is 63.1 Å². The molecule has 3 heteroatoms. The zero-order valence-corrected chi connectivity index (χ0v) is 13.1. The number of rotatable bonds is 3. The second-order valence-electron chi connectivity index (χ2n) is 6.16. The predicted molar refractivity (Wildman–Crippen MR) is 78.9 cm³/mol. The highest BCUT2D eigenvalue weighted by Gasteiger charge is 2.27. The van der Waals surface area contributed by atoms with E-state index in [0.29, 0.717) is 16.7 Å². The van der Waals surface area contributed by atoms with E-state index in [4.69, 9.17) is 0 Å². The zero-order chi connectivity index (χ0) is 13.0. The van der Waals surface area contributed by atoms with E-state index in [1.54, 1.807) is 0 Å². The molecule has 0 aromatic heterocycles. The highest BCUT2D eigenvalue weighted by molar-refractivity contribution is 9.09. The first kappa shape index (κ1) is 14.4. The molecule has 2 nitrogen and oxygen atoms in total. The summed E-state index contributed by atoms with van der Waals surface area (Å²) in [7, 11) is 0. The maximum atomic E-state index is 12.2. The molecule has 18 heavy (non-hydrogen) atoms. The molecule has 1 aliphatic heterocycles. The van der Waals surface area contributed by atoms with E-state index in [2.05, 4.69) is 27.8 Å². The van der Waals surface area contributed by atoms with Crippen LogP contribution in [-0.2, 0) is 4.79 Å². The van der Waals surface area contributed by atoms with Crippen LogP contribution in [-0.4, -0.2) is 28.7 Å². The van der Waals surface area contributed by atoms with E-state index in [9.17, 15) is 4.79 Å². The summed E-state index contributed by atoms with van der Waals surface area (Å²) in [6, 6.07) is 0. The smallest absolute Gasteiger partial charge is 0.222 e. The van der Waals surface area contributed by atoms with Gasteiger partial charge in [-0.2, -0.15) is 0 Å². The van der Waals surface area contributed by atoms with E-state index in [0.717, 1.165) is 38.3 Å². The quantitative estimate of drug-likeness (QED) is 0.721. The van der Waals surface area contributed by atoms with E-state index in [1.165, 1.54) is 32.1 Å². The summed E-state index contributed by atoms with van der Waals surface area (Å²) in [5, 5.41) is 0. The van der Waals surface area contributed by atoms with E-state index < -0.39 is 0 Å². The monoisotopic (exact) mass is 315 g/mol. The van der Waals surface area contributed by atoms with E-state index in [-0.39, 0.29) is 0 Å². The minimum Gasteiger partial charge on any atom is -0.342 e. The molecule has 1 heterocycles. The number of hydrogen-bond acceptors (Lipinski definition) is 1. The molecule has 2 atom stereocenters. The van der Waals surface area contributed by atoms with Crippen molar-refractivity contribution in [3.05, 3.63) is 0 Å². The molecular weight excluding hydrogens is 290 g/mol. The Hall–Kier alpha value is -0.0500. The van der Waals surface area contributed by atoms with Crippen molar-refractivity contribution in [2.24, 2.45) is 11.8 Å². The van der Waals surface area contributed by atoms with Gasteiger partial charge in [-0.15, -0.1) is 0 Å². The van der Waals surface area contributed by atoms with Crippen LogP contribution >= 0.6 is 15.9 Å². The number of amides is 1. The highest BCUT2D eigenvalue weighted by Crippen LogP contribution is 2.28. The number of carbonyl (C=O) groups excluding carboxylic acids is 1. The fourth-order valence-electron chi connectivity index (χ4n) is 3.21. The lowest BCUT2D eigenvalue weighted by Gasteiger charge is -2.34. The van der Waals surface area contributed by atoms with Gasteiger partial charge in [0.05, 0.1) is 0 Å². The lowest BCUT2D eigenvalue weighted by Crippen LogP contribution is -2.43. The van der Waals surface area contributed by atoms with Crippen molar-refractivity contribution in [3.8, 4) is 0 Å². The molecular formula is C15H26BrNO. The van der Waals surface area contributed by atoms with Crippen molar-refractivity contribution >= 4 is 21.8 Å². The number of alkyl halides is 1. The van der Waals surface area contributed by atoms with Crippen LogP contribution in [0.4, 0.5) is 0 Å². The summed E-state index contributed by atoms with van der Waals surface area (Å²) >= 11 is 3.70. The molecule has 0 spiro atoms. The van der Waals surface area contributed by atoms with Gasteiger partial charge < -0.3 is 4.90 Å². The van der Waals surface area contributed by atoms with Crippen LogP contribution in [0.5, 0.6) is 0 Å². The molecule has 1 amide bonds. The number of hydrogen-bond donors (Lipinski definition) is 0. The summed E-state index contributed by atoms with van der Waals surface area (Å²) in [5.41, 5.74) is 0. The first-order valence-corrected chi connectivity index (χ1v) is 8.50. The van der Waals surface area contributed by atoms with Gasteiger partial charge in [0.1, 0.15) is 0 Å². The second-order valence-corrected chi connectivity index (χ2v) is 7.34. The Bertz CT molecular complexity index is 276. The van der Waals surface area contributed by atoms with Crippen molar-refractivity contribution in [3.63, 3.8) is 0 Å². The number of likely N-dealkylation sites (tertiary alicyclic amines) is 1. The van der Waals surface area contributed by atoms with Crippen molar-refractivity contribution < 1.29 is 4.79 Å². The number of carbonyl (C=O) groups is 1. The molecule has 1 saturated heterocycles. The van der Waals surface area contributed by atoms with Gasteiger partial charge in [-0.25, -0.2) is 0 Å². The Morgan fingerprint density at radius 3 is 2.61 bits per heavy atom. The third kappa shape index (κ3) is 3.97. The van der Waals surface area contributed by atoms with Gasteiger partial charge in [-0.05, 0) is 24.7 Å². The van der Waals surface area contributed by atoms with Crippen LogP contribution in [0.3, 0.4) is 0 Å². The molecule has 104 valence electrons. The molecule has 1 saturated carbocycles. The largest absolute Gasteiger partial charge is 0.342 e. The predicted octanol–water partition coefficient (Wildman–Crippen LogP) is 3.98. The van der Waals surface area contributed by atoms with E-state index >= 15 is 0 Å². The van der Waals surface area contributed by atoms with Gasteiger partial charge in [0, 0.05) is 24.3 Å². The molecule has 0 bridgehead atoms. The van der Waals surface area contributed by atoms with Crippen LogP contribution in [0, 0.1) is 11.8 Å². The number of nitrogens with zero attached hydrogens (tertiary/aromatic N) is 1. The Morgan fingerprint density at radius 1 is 1.22 bits per heavy atom. The van der Waals surface area contributed by atoms with Crippen LogP contribution in [0.2, 0.25) is 0 Å². The second kappa shape index (κ2) is 6.93. The Kier molecular flexibility index (Phi) is 5.53. The van der Waals surface area contributed by atoms with Crippen molar-refractivity contribution in [2.75, 3.05) is 13.1 Å². The molecule has 1 aliphatic carbocycles. The van der Waals surface area contributed by atoms with Gasteiger partial charge in [0.25, 0.3) is 0 Å². The average molecular weight is 316 g/mol. The normalized spacial score (nSPS) is 30.4. The summed E-state index contributed by atoms with van der Waals surface area (Å²) in [4.78, 5) is 14.8. The highest BCUT2D eigenvalue weighted by atomic mass is 79.9. The molecule has 2 aliphatic rings. The van der Waals surface area contributed by atoms with Crippen molar-refractivity contribution in [1.29, 1.82) is 0 Å². The molecule has 2 rings (SSSR count). The molecule has 2 fully saturated rings. The third-order valence-corrected chi connectivity index (χ3v) is 5.90. The Morgan fingerprint density at radius 2 is 1.94 bits per heavy atom. The SMILES string of the molecule is CC1CCN(C(=O)CCC2CCCCC2)CC1Br. The minimum absolute atomic E-state index is 0.386. The van der Waals surface area contributed by atoms with E-state index in [1.807, 2.05) is 0 Å². The van der Waals surface area contributed by atoms with Crippen LogP contribution in [0.25, 0.3) is 0 Å². The summed E-state index contributed by atoms with van der Waals surface area (Å²) in [6.07, 6.45) is 9.91. The first-order valence-electron chi connectivity index (χ1n) is 7.58. The van der Waals surface area contributed by atoms with Gasteiger partial charge >= 0.3 is 0 Å². The number of piperidine rings is 1. The third-order valence-electron chi connectivity index (χ3n) is 4.71. The fourth-order valence-corrected chi connectivity index (χ4v) is 3.82. The van der Waals surface area contributed by atoms with Crippen LogP contribution < -0.4 is 0 Å². The Balaban J connectivity index is 1.70. The molecule has 2 unspecified atom stereocenters. The summed E-state index contributed by atoms with van der Waals surface area (Å²) in [5.74, 6) is 1.91. The van der Waals surface area contributed by atoms with Gasteiger partial charge in [-0.3, -0.25) is 4.79 Å². The topological polar surface area (TPSA) is 20.3 Å². The van der Waals surface area contributed by atoms with Crippen LogP contribution in [0.1, 0.15) is 58.3 Å². The first-order chi connectivity index (χ1) is 8.66. The van der Waals surface area contributed by atoms with Crippen molar-refractivity contribution in [1.82, 2.24) is 4.90 Å². The lowest BCUT2D eigenvalue weighted by atomic mass is 9.86. The minimum atomic E-state index is 0.386. The standard InChI is InChI=1S/C15H26BrNO/c1-12-9-10-17(11-14(12)16)15(18)8-7-13-5-3-2-4-6-13/h12-14H,2-11H2,1H3. The van der Waals surface area contributed by atoms with Gasteiger partial charge in [-0.1, -0.05) is 55.0 Å². The lowest BCUT2D eigenvalue weighted by molar-refractivity contribution is -0.132. The van der Waals surface area contributed by atoms with Gasteiger partial charge in [0.15, 0.2) is 0 Å². The maximum absolute atomic E-state index is 12.2. The molecule has 0 aromatic carbocycles. The molecule has 0 radical (unpaired) electrons.